The quantitative estimate of drug-likeness (QED) is 0.901. The normalized spacial score (nSPS) is 22.2. The number of halogens is 1. The van der Waals surface area contributed by atoms with Gasteiger partial charge in [-0.05, 0) is 38.1 Å². The third-order valence-electron chi connectivity index (χ3n) is 4.04. The van der Waals surface area contributed by atoms with Crippen molar-refractivity contribution < 1.29 is 4.74 Å². The molecule has 1 fully saturated rings. The highest BCUT2D eigenvalue weighted by atomic mass is 79.9. The summed E-state index contributed by atoms with van der Waals surface area (Å²) in [6.45, 7) is 2.99. The Morgan fingerprint density at radius 2 is 2.21 bits per heavy atom. The molecule has 2 aliphatic rings. The van der Waals surface area contributed by atoms with Crippen molar-refractivity contribution in [2.75, 3.05) is 26.7 Å². The minimum Gasteiger partial charge on any atom is -0.493 e. The van der Waals surface area contributed by atoms with Gasteiger partial charge in [0.1, 0.15) is 5.75 Å². The number of nitrogens with one attached hydrogen (secondary N) is 1. The molecule has 1 aliphatic carbocycles. The summed E-state index contributed by atoms with van der Waals surface area (Å²) in [6, 6.07) is 7.55. The van der Waals surface area contributed by atoms with E-state index in [2.05, 4.69) is 45.3 Å². The van der Waals surface area contributed by atoms with E-state index in [0.717, 1.165) is 42.4 Å². The Morgan fingerprint density at radius 1 is 1.37 bits per heavy atom. The van der Waals surface area contributed by atoms with Crippen LogP contribution in [0.5, 0.6) is 5.75 Å². The second-order valence-electron chi connectivity index (χ2n) is 5.54. The van der Waals surface area contributed by atoms with Gasteiger partial charge in [-0.15, -0.1) is 0 Å². The summed E-state index contributed by atoms with van der Waals surface area (Å²) in [6.07, 6.45) is 3.81. The summed E-state index contributed by atoms with van der Waals surface area (Å²) in [4.78, 5) is 2.47. The number of nitrogens with zero attached hydrogens (tertiary/aromatic N) is 1. The fourth-order valence-corrected chi connectivity index (χ4v) is 3.07. The molecule has 1 saturated carbocycles. The number of benzene rings is 1. The van der Waals surface area contributed by atoms with E-state index in [1.807, 2.05) is 6.07 Å². The molecule has 1 N–H and O–H groups in total. The van der Waals surface area contributed by atoms with E-state index in [-0.39, 0.29) is 0 Å². The molecule has 1 heterocycles. The number of likely N-dealkylation sites (N-methyl/N-ethyl adjacent to an activating group) is 1. The molecule has 0 aromatic heterocycles. The standard InChI is InChI=1S/C15H21BrN2O/c1-18(12-3-4-12)8-7-17-14-6-9-19-15-5-2-11(16)10-13(14)15/h2,5,10,12,14,17H,3-4,6-9H2,1H3. The number of ether oxygens (including phenoxy) is 1. The lowest BCUT2D eigenvalue weighted by Gasteiger charge is -2.28. The molecule has 19 heavy (non-hydrogen) atoms. The second-order valence-corrected chi connectivity index (χ2v) is 6.45. The van der Waals surface area contributed by atoms with Gasteiger partial charge in [-0.2, -0.15) is 0 Å². The molecule has 0 bridgehead atoms. The first-order chi connectivity index (χ1) is 9.24. The average molecular weight is 325 g/mol. The number of hydrogen-bond donors (Lipinski definition) is 1. The smallest absolute Gasteiger partial charge is 0.124 e. The van der Waals surface area contributed by atoms with Crippen LogP contribution >= 0.6 is 15.9 Å². The lowest BCUT2D eigenvalue weighted by Crippen LogP contribution is -2.34. The Balaban J connectivity index is 1.58. The van der Waals surface area contributed by atoms with Crippen LogP contribution in [-0.4, -0.2) is 37.7 Å². The highest BCUT2D eigenvalue weighted by molar-refractivity contribution is 9.10. The maximum atomic E-state index is 5.71. The number of rotatable bonds is 5. The van der Waals surface area contributed by atoms with Gasteiger partial charge in [0.25, 0.3) is 0 Å². The topological polar surface area (TPSA) is 24.5 Å². The van der Waals surface area contributed by atoms with Crippen LogP contribution < -0.4 is 10.1 Å². The summed E-state index contributed by atoms with van der Waals surface area (Å²) < 4.78 is 6.84. The van der Waals surface area contributed by atoms with Gasteiger partial charge < -0.3 is 15.0 Å². The number of fused-ring (bicyclic) bond motifs is 1. The SMILES string of the molecule is CN(CCNC1CCOc2ccc(Br)cc21)C1CC1. The van der Waals surface area contributed by atoms with E-state index in [0.29, 0.717) is 6.04 Å². The lowest BCUT2D eigenvalue weighted by molar-refractivity contribution is 0.245. The molecule has 0 saturated heterocycles. The molecule has 1 aliphatic heterocycles. The molecule has 1 atom stereocenters. The first kappa shape index (κ1) is 13.4. The molecule has 1 aromatic rings. The Kier molecular flexibility index (Phi) is 4.10. The molecular formula is C15H21BrN2O. The van der Waals surface area contributed by atoms with Gasteiger partial charge in [-0.3, -0.25) is 0 Å². The van der Waals surface area contributed by atoms with Crippen LogP contribution in [0.15, 0.2) is 22.7 Å². The third kappa shape index (κ3) is 3.30. The fourth-order valence-electron chi connectivity index (χ4n) is 2.69. The second kappa shape index (κ2) is 5.81. The maximum Gasteiger partial charge on any atom is 0.124 e. The predicted molar refractivity (Wildman–Crippen MR) is 80.6 cm³/mol. The van der Waals surface area contributed by atoms with Crippen LogP contribution in [0.3, 0.4) is 0 Å². The van der Waals surface area contributed by atoms with Gasteiger partial charge in [0, 0.05) is 41.6 Å². The van der Waals surface area contributed by atoms with E-state index in [1.54, 1.807) is 0 Å². The molecule has 104 valence electrons. The van der Waals surface area contributed by atoms with Crippen molar-refractivity contribution in [3.63, 3.8) is 0 Å². The highest BCUT2D eigenvalue weighted by Gasteiger charge is 2.26. The third-order valence-corrected chi connectivity index (χ3v) is 4.53. The van der Waals surface area contributed by atoms with E-state index < -0.39 is 0 Å². The number of hydrogen-bond acceptors (Lipinski definition) is 3. The first-order valence-electron chi connectivity index (χ1n) is 7.10. The molecule has 0 spiro atoms. The summed E-state index contributed by atoms with van der Waals surface area (Å²) in [7, 11) is 2.23. The van der Waals surface area contributed by atoms with Crippen LogP contribution in [0.4, 0.5) is 0 Å². The molecule has 0 amide bonds. The van der Waals surface area contributed by atoms with Gasteiger partial charge in [-0.25, -0.2) is 0 Å². The maximum absolute atomic E-state index is 5.71. The monoisotopic (exact) mass is 324 g/mol. The Labute approximate surface area is 123 Å². The van der Waals surface area contributed by atoms with Gasteiger partial charge >= 0.3 is 0 Å². The van der Waals surface area contributed by atoms with Crippen molar-refractivity contribution in [2.24, 2.45) is 0 Å². The summed E-state index contributed by atoms with van der Waals surface area (Å²) in [5.74, 6) is 1.03. The molecule has 4 heteroatoms. The zero-order valence-corrected chi connectivity index (χ0v) is 12.9. The van der Waals surface area contributed by atoms with Crippen LogP contribution in [0.2, 0.25) is 0 Å². The molecule has 3 nitrogen and oxygen atoms in total. The van der Waals surface area contributed by atoms with Crippen LogP contribution in [0, 0.1) is 0 Å². The average Bonchev–Trinajstić information content (AvgIpc) is 3.23. The highest BCUT2D eigenvalue weighted by Crippen LogP contribution is 2.34. The summed E-state index contributed by atoms with van der Waals surface area (Å²) >= 11 is 3.55. The molecule has 3 rings (SSSR count). The van der Waals surface area contributed by atoms with Crippen molar-refractivity contribution in [1.82, 2.24) is 10.2 Å². The van der Waals surface area contributed by atoms with Crippen molar-refractivity contribution in [1.29, 1.82) is 0 Å². The molecule has 1 unspecified atom stereocenters. The predicted octanol–water partition coefficient (Wildman–Crippen LogP) is 2.96. The van der Waals surface area contributed by atoms with E-state index >= 15 is 0 Å². The van der Waals surface area contributed by atoms with E-state index in [9.17, 15) is 0 Å². The van der Waals surface area contributed by atoms with Gasteiger partial charge in [-0.1, -0.05) is 15.9 Å². The zero-order chi connectivity index (χ0) is 13.2. The first-order valence-corrected chi connectivity index (χ1v) is 7.89. The summed E-state index contributed by atoms with van der Waals surface area (Å²) in [5.41, 5.74) is 1.29. The fraction of sp³-hybridized carbons (Fsp3) is 0.600. The van der Waals surface area contributed by atoms with Crippen LogP contribution in [0.1, 0.15) is 30.9 Å². The molecule has 0 radical (unpaired) electrons. The molecular weight excluding hydrogens is 304 g/mol. The van der Waals surface area contributed by atoms with Crippen molar-refractivity contribution in [3.05, 3.63) is 28.2 Å². The minimum atomic E-state index is 0.425. The van der Waals surface area contributed by atoms with Crippen LogP contribution in [-0.2, 0) is 0 Å². The molecule has 1 aromatic carbocycles. The Bertz CT molecular complexity index is 448. The van der Waals surface area contributed by atoms with Crippen molar-refractivity contribution in [3.8, 4) is 5.75 Å². The van der Waals surface area contributed by atoms with Crippen molar-refractivity contribution in [2.45, 2.75) is 31.3 Å². The van der Waals surface area contributed by atoms with E-state index in [4.69, 9.17) is 4.74 Å². The minimum absolute atomic E-state index is 0.425. The Hall–Kier alpha value is -0.580. The zero-order valence-electron chi connectivity index (χ0n) is 11.4. The van der Waals surface area contributed by atoms with E-state index in [1.165, 1.54) is 18.4 Å². The largest absolute Gasteiger partial charge is 0.493 e. The van der Waals surface area contributed by atoms with Gasteiger partial charge in [0.2, 0.25) is 0 Å². The van der Waals surface area contributed by atoms with Crippen LogP contribution in [0.25, 0.3) is 0 Å². The summed E-state index contributed by atoms with van der Waals surface area (Å²) in [5, 5.41) is 3.68. The van der Waals surface area contributed by atoms with Crippen molar-refractivity contribution >= 4 is 15.9 Å². The van der Waals surface area contributed by atoms with Gasteiger partial charge in [0.05, 0.1) is 6.61 Å². The Morgan fingerprint density at radius 3 is 3.00 bits per heavy atom. The lowest BCUT2D eigenvalue weighted by atomic mass is 10.0. The van der Waals surface area contributed by atoms with Gasteiger partial charge in [0.15, 0.2) is 0 Å².